The summed E-state index contributed by atoms with van der Waals surface area (Å²) in [6, 6.07) is 3.50. The molecule has 3 nitrogen and oxygen atoms in total. The minimum absolute atomic E-state index is 0.0694. The Bertz CT molecular complexity index is 341. The molecule has 1 aromatic heterocycles. The van der Waals surface area contributed by atoms with Crippen LogP contribution in [-0.2, 0) is 0 Å². The third-order valence-corrected chi connectivity index (χ3v) is 2.22. The van der Waals surface area contributed by atoms with E-state index in [9.17, 15) is 4.79 Å². The van der Waals surface area contributed by atoms with E-state index >= 15 is 0 Å². The van der Waals surface area contributed by atoms with Gasteiger partial charge in [0.1, 0.15) is 0 Å². The first-order chi connectivity index (χ1) is 6.00. The Morgan fingerprint density at radius 1 is 1.38 bits per heavy atom. The van der Waals surface area contributed by atoms with E-state index in [2.05, 4.69) is 16.8 Å². The molecule has 0 radical (unpaired) electrons. The lowest BCUT2D eigenvalue weighted by atomic mass is 10.2. The van der Waals surface area contributed by atoms with Crippen LogP contribution >= 0.6 is 0 Å². The summed E-state index contributed by atoms with van der Waals surface area (Å²) in [5.74, 6) is 0. The quantitative estimate of drug-likeness (QED) is 0.744. The summed E-state index contributed by atoms with van der Waals surface area (Å²) in [6.45, 7) is 3.96. The molecule has 0 saturated heterocycles. The minimum atomic E-state index is 0.0694. The second-order valence-electron chi connectivity index (χ2n) is 3.59. The van der Waals surface area contributed by atoms with Gasteiger partial charge in [-0.3, -0.25) is 4.79 Å². The molecule has 0 aliphatic rings. The predicted octanol–water partition coefficient (Wildman–Crippen LogP) is 1.31. The van der Waals surface area contributed by atoms with Crippen LogP contribution in [0.4, 0.5) is 0 Å². The van der Waals surface area contributed by atoms with E-state index in [1.54, 1.807) is 12.1 Å². The second-order valence-corrected chi connectivity index (χ2v) is 3.59. The molecule has 0 unspecified atom stereocenters. The van der Waals surface area contributed by atoms with Crippen molar-refractivity contribution in [2.45, 2.75) is 19.9 Å². The predicted molar refractivity (Wildman–Crippen MR) is 53.9 cm³/mol. The standard InChI is InChI=1S/C10H16N2O/c1-7-5-9(13)6-10(11-7)8(2)12(3)4/h5-6,8H,1-4H3,(H,11,13)/t8-/m0/s1. The number of nitrogens with zero attached hydrogens (tertiary/aromatic N) is 1. The molecular formula is C10H16N2O. The number of H-pyrrole nitrogens is 1. The molecule has 0 aromatic carbocycles. The van der Waals surface area contributed by atoms with E-state index < -0.39 is 0 Å². The molecule has 0 saturated carbocycles. The number of hydrogen-bond acceptors (Lipinski definition) is 2. The molecular weight excluding hydrogens is 164 g/mol. The van der Waals surface area contributed by atoms with Crippen LogP contribution in [0.25, 0.3) is 0 Å². The van der Waals surface area contributed by atoms with Crippen LogP contribution in [0.5, 0.6) is 0 Å². The maximum absolute atomic E-state index is 11.2. The molecule has 0 spiro atoms. The zero-order valence-corrected chi connectivity index (χ0v) is 8.59. The largest absolute Gasteiger partial charge is 0.361 e. The summed E-state index contributed by atoms with van der Waals surface area (Å²) in [5, 5.41) is 0. The lowest BCUT2D eigenvalue weighted by molar-refractivity contribution is 0.315. The molecule has 13 heavy (non-hydrogen) atoms. The Hall–Kier alpha value is -1.09. The Kier molecular flexibility index (Phi) is 2.88. The van der Waals surface area contributed by atoms with Gasteiger partial charge in [-0.05, 0) is 27.9 Å². The molecule has 1 aromatic rings. The fraction of sp³-hybridized carbons (Fsp3) is 0.500. The van der Waals surface area contributed by atoms with E-state index in [0.29, 0.717) is 0 Å². The fourth-order valence-electron chi connectivity index (χ4n) is 1.21. The van der Waals surface area contributed by atoms with Gasteiger partial charge in [0.25, 0.3) is 0 Å². The van der Waals surface area contributed by atoms with Crippen molar-refractivity contribution < 1.29 is 0 Å². The Balaban J connectivity index is 3.08. The van der Waals surface area contributed by atoms with E-state index in [1.807, 2.05) is 21.0 Å². The second kappa shape index (κ2) is 3.75. The molecule has 0 aliphatic carbocycles. The number of aryl methyl sites for hydroxylation is 1. The highest BCUT2D eigenvalue weighted by atomic mass is 16.1. The molecule has 1 heterocycles. The summed E-state index contributed by atoms with van der Waals surface area (Å²) in [6.07, 6.45) is 0. The van der Waals surface area contributed by atoms with Crippen molar-refractivity contribution in [3.05, 3.63) is 33.7 Å². The molecule has 1 rings (SSSR count). The molecule has 0 amide bonds. The summed E-state index contributed by atoms with van der Waals surface area (Å²) >= 11 is 0. The van der Waals surface area contributed by atoms with Crippen LogP contribution in [0.2, 0.25) is 0 Å². The van der Waals surface area contributed by atoms with Gasteiger partial charge in [0.05, 0.1) is 0 Å². The Labute approximate surface area is 78.4 Å². The van der Waals surface area contributed by atoms with E-state index in [1.165, 1.54) is 0 Å². The van der Waals surface area contributed by atoms with Gasteiger partial charge in [-0.15, -0.1) is 0 Å². The average molecular weight is 180 g/mol. The topological polar surface area (TPSA) is 36.1 Å². The van der Waals surface area contributed by atoms with Crippen molar-refractivity contribution in [2.24, 2.45) is 0 Å². The van der Waals surface area contributed by atoms with E-state index in [-0.39, 0.29) is 11.5 Å². The highest BCUT2D eigenvalue weighted by Gasteiger charge is 2.08. The smallest absolute Gasteiger partial charge is 0.182 e. The zero-order valence-electron chi connectivity index (χ0n) is 8.59. The number of rotatable bonds is 2. The van der Waals surface area contributed by atoms with Crippen LogP contribution < -0.4 is 5.43 Å². The minimum Gasteiger partial charge on any atom is -0.361 e. The molecule has 1 atom stereocenters. The lowest BCUT2D eigenvalue weighted by Gasteiger charge is -2.19. The molecule has 0 bridgehead atoms. The molecule has 0 aliphatic heterocycles. The highest BCUT2D eigenvalue weighted by molar-refractivity contribution is 5.13. The van der Waals surface area contributed by atoms with Gasteiger partial charge in [0.15, 0.2) is 5.43 Å². The summed E-state index contributed by atoms with van der Waals surface area (Å²) < 4.78 is 0. The fourth-order valence-corrected chi connectivity index (χ4v) is 1.21. The van der Waals surface area contributed by atoms with Crippen molar-refractivity contribution in [3.8, 4) is 0 Å². The Morgan fingerprint density at radius 3 is 2.46 bits per heavy atom. The lowest BCUT2D eigenvalue weighted by Crippen LogP contribution is -2.19. The maximum atomic E-state index is 11.2. The number of nitrogens with one attached hydrogen (secondary N) is 1. The number of pyridine rings is 1. The van der Waals surface area contributed by atoms with Gasteiger partial charge in [-0.1, -0.05) is 0 Å². The van der Waals surface area contributed by atoms with Gasteiger partial charge < -0.3 is 9.88 Å². The first-order valence-electron chi connectivity index (χ1n) is 4.38. The molecule has 72 valence electrons. The zero-order chi connectivity index (χ0) is 10.0. The number of hydrogen-bond donors (Lipinski definition) is 1. The van der Waals surface area contributed by atoms with Crippen molar-refractivity contribution in [1.29, 1.82) is 0 Å². The first-order valence-corrected chi connectivity index (χ1v) is 4.38. The van der Waals surface area contributed by atoms with Crippen molar-refractivity contribution in [3.63, 3.8) is 0 Å². The van der Waals surface area contributed by atoms with Crippen LogP contribution in [0.15, 0.2) is 16.9 Å². The summed E-state index contributed by atoms with van der Waals surface area (Å²) in [7, 11) is 3.98. The summed E-state index contributed by atoms with van der Waals surface area (Å²) in [5.41, 5.74) is 1.95. The SMILES string of the molecule is Cc1cc(=O)cc([C@H](C)N(C)C)[nH]1. The third-order valence-electron chi connectivity index (χ3n) is 2.22. The molecule has 1 N–H and O–H groups in total. The van der Waals surface area contributed by atoms with Crippen LogP contribution in [0.3, 0.4) is 0 Å². The highest BCUT2D eigenvalue weighted by Crippen LogP contribution is 2.12. The van der Waals surface area contributed by atoms with Crippen molar-refractivity contribution in [1.82, 2.24) is 9.88 Å². The van der Waals surface area contributed by atoms with Crippen LogP contribution in [-0.4, -0.2) is 24.0 Å². The molecule has 3 heteroatoms. The summed E-state index contributed by atoms with van der Waals surface area (Å²) in [4.78, 5) is 16.4. The third kappa shape index (κ3) is 2.42. The maximum Gasteiger partial charge on any atom is 0.182 e. The van der Waals surface area contributed by atoms with Crippen LogP contribution in [0, 0.1) is 6.92 Å². The van der Waals surface area contributed by atoms with Gasteiger partial charge in [0, 0.05) is 29.6 Å². The number of aromatic nitrogens is 1. The van der Waals surface area contributed by atoms with Gasteiger partial charge in [-0.2, -0.15) is 0 Å². The van der Waals surface area contributed by atoms with Crippen molar-refractivity contribution in [2.75, 3.05) is 14.1 Å². The van der Waals surface area contributed by atoms with E-state index in [4.69, 9.17) is 0 Å². The van der Waals surface area contributed by atoms with E-state index in [0.717, 1.165) is 11.4 Å². The van der Waals surface area contributed by atoms with Gasteiger partial charge in [0.2, 0.25) is 0 Å². The number of aromatic amines is 1. The normalized spacial score (nSPS) is 13.3. The monoisotopic (exact) mass is 180 g/mol. The van der Waals surface area contributed by atoms with Crippen LogP contribution in [0.1, 0.15) is 24.4 Å². The first kappa shape index (κ1) is 9.99. The molecule has 0 fully saturated rings. The average Bonchev–Trinajstić information content (AvgIpc) is 2.01. The van der Waals surface area contributed by atoms with Gasteiger partial charge in [-0.25, -0.2) is 0 Å². The Morgan fingerprint density at radius 2 is 2.00 bits per heavy atom. The van der Waals surface area contributed by atoms with Crippen molar-refractivity contribution >= 4 is 0 Å². The van der Waals surface area contributed by atoms with Gasteiger partial charge >= 0.3 is 0 Å².